The number of benzene rings is 2. The van der Waals surface area contributed by atoms with Crippen LogP contribution in [0.4, 0.5) is 23.1 Å². The summed E-state index contributed by atoms with van der Waals surface area (Å²) in [5, 5.41) is 4.08. The fourth-order valence-electron chi connectivity index (χ4n) is 3.40. The minimum Gasteiger partial charge on any atom is -0.368 e. The first-order valence-electron chi connectivity index (χ1n) is 9.66. The minimum absolute atomic E-state index is 0.624. The summed E-state index contributed by atoms with van der Waals surface area (Å²) in [5.41, 5.74) is 3.49. The normalized spacial score (nSPS) is 14.2. The average Bonchev–Trinajstić information content (AvgIpc) is 2.75. The Labute approximate surface area is 171 Å². The molecule has 0 bridgehead atoms. The summed E-state index contributed by atoms with van der Waals surface area (Å²) in [6, 6.07) is 18.4. The van der Waals surface area contributed by atoms with Crippen molar-refractivity contribution in [3.8, 4) is 0 Å². The summed E-state index contributed by atoms with van der Waals surface area (Å²) in [5.74, 6) is 1.58. The van der Waals surface area contributed by atoms with Crippen molar-refractivity contribution in [3.05, 3.63) is 71.4 Å². The molecule has 1 aliphatic rings. The number of aromatic nitrogens is 2. The summed E-state index contributed by atoms with van der Waals surface area (Å²) in [6.45, 7) is 5.85. The Bertz CT molecular complexity index is 920. The molecule has 0 saturated carbocycles. The Morgan fingerprint density at radius 3 is 2.43 bits per heavy atom. The zero-order valence-electron chi connectivity index (χ0n) is 16.0. The number of aryl methyl sites for hydroxylation is 1. The molecule has 0 atom stereocenters. The zero-order chi connectivity index (χ0) is 19.3. The predicted molar refractivity (Wildman–Crippen MR) is 117 cm³/mol. The van der Waals surface area contributed by atoms with Gasteiger partial charge in [-0.3, -0.25) is 0 Å². The van der Waals surface area contributed by atoms with Gasteiger partial charge < -0.3 is 15.1 Å². The number of rotatable bonds is 5. The van der Waals surface area contributed by atoms with Crippen LogP contribution in [0.5, 0.6) is 0 Å². The summed E-state index contributed by atoms with van der Waals surface area (Å²) in [6.07, 6.45) is 2.85. The van der Waals surface area contributed by atoms with E-state index in [1.165, 1.54) is 11.3 Å². The fraction of sp³-hybridized carbons (Fsp3) is 0.273. The Morgan fingerprint density at radius 1 is 0.964 bits per heavy atom. The van der Waals surface area contributed by atoms with E-state index in [-0.39, 0.29) is 0 Å². The van der Waals surface area contributed by atoms with Crippen molar-refractivity contribution in [1.29, 1.82) is 0 Å². The van der Waals surface area contributed by atoms with E-state index in [1.54, 1.807) is 0 Å². The van der Waals surface area contributed by atoms with Gasteiger partial charge in [0.1, 0.15) is 5.82 Å². The molecule has 0 unspecified atom stereocenters. The largest absolute Gasteiger partial charge is 0.368 e. The second kappa shape index (κ2) is 8.48. The predicted octanol–water partition coefficient (Wildman–Crippen LogP) is 4.76. The SMILES string of the molecule is CCc1ccc(Nc2nccc(N3CCN(c4cccc(Cl)c4)CC3)n2)cc1. The van der Waals surface area contributed by atoms with E-state index in [1.807, 2.05) is 30.5 Å². The Balaban J connectivity index is 1.40. The van der Waals surface area contributed by atoms with E-state index < -0.39 is 0 Å². The third-order valence-corrected chi connectivity index (χ3v) is 5.27. The van der Waals surface area contributed by atoms with Crippen molar-refractivity contribution in [2.24, 2.45) is 0 Å². The Kier molecular flexibility index (Phi) is 5.63. The van der Waals surface area contributed by atoms with E-state index in [0.29, 0.717) is 5.95 Å². The van der Waals surface area contributed by atoms with Crippen molar-refractivity contribution in [2.45, 2.75) is 13.3 Å². The van der Waals surface area contributed by atoms with Gasteiger partial charge in [-0.25, -0.2) is 4.98 Å². The van der Waals surface area contributed by atoms with Gasteiger partial charge in [-0.2, -0.15) is 4.98 Å². The molecule has 1 aliphatic heterocycles. The van der Waals surface area contributed by atoms with Crippen LogP contribution < -0.4 is 15.1 Å². The van der Waals surface area contributed by atoms with Crippen molar-refractivity contribution in [3.63, 3.8) is 0 Å². The third-order valence-electron chi connectivity index (χ3n) is 5.04. The molecule has 0 amide bonds. The summed E-state index contributed by atoms with van der Waals surface area (Å²) in [4.78, 5) is 13.7. The number of nitrogens with zero attached hydrogens (tertiary/aromatic N) is 4. The summed E-state index contributed by atoms with van der Waals surface area (Å²) < 4.78 is 0. The van der Waals surface area contributed by atoms with Gasteiger partial charge in [0.25, 0.3) is 0 Å². The molecule has 1 fully saturated rings. The molecule has 3 aromatic rings. The van der Waals surface area contributed by atoms with Crippen LogP contribution in [0.15, 0.2) is 60.8 Å². The van der Waals surface area contributed by atoms with Crippen LogP contribution >= 0.6 is 11.6 Å². The number of nitrogens with one attached hydrogen (secondary N) is 1. The fourth-order valence-corrected chi connectivity index (χ4v) is 3.59. The quantitative estimate of drug-likeness (QED) is 0.676. The highest BCUT2D eigenvalue weighted by Crippen LogP contribution is 2.23. The van der Waals surface area contributed by atoms with Gasteiger partial charge in [0.15, 0.2) is 0 Å². The molecule has 28 heavy (non-hydrogen) atoms. The van der Waals surface area contributed by atoms with E-state index in [9.17, 15) is 0 Å². The minimum atomic E-state index is 0.624. The smallest absolute Gasteiger partial charge is 0.229 e. The van der Waals surface area contributed by atoms with Crippen LogP contribution in [0.3, 0.4) is 0 Å². The lowest BCUT2D eigenvalue weighted by molar-refractivity contribution is 0.647. The van der Waals surface area contributed by atoms with Crippen molar-refractivity contribution < 1.29 is 0 Å². The van der Waals surface area contributed by atoms with E-state index in [2.05, 4.69) is 57.4 Å². The molecule has 2 heterocycles. The first-order chi connectivity index (χ1) is 13.7. The van der Waals surface area contributed by atoms with Crippen LogP contribution in [0.2, 0.25) is 5.02 Å². The molecule has 4 rings (SSSR count). The van der Waals surface area contributed by atoms with Crippen LogP contribution in [-0.4, -0.2) is 36.1 Å². The lowest BCUT2D eigenvalue weighted by atomic mass is 10.1. The zero-order valence-corrected chi connectivity index (χ0v) is 16.7. The van der Waals surface area contributed by atoms with Crippen LogP contribution in [0.1, 0.15) is 12.5 Å². The van der Waals surface area contributed by atoms with Crippen molar-refractivity contribution in [2.75, 3.05) is 41.3 Å². The van der Waals surface area contributed by atoms with Crippen LogP contribution in [0, 0.1) is 0 Å². The van der Waals surface area contributed by atoms with E-state index in [0.717, 1.165) is 49.1 Å². The van der Waals surface area contributed by atoms with Gasteiger partial charge in [0, 0.05) is 48.8 Å². The van der Waals surface area contributed by atoms with E-state index in [4.69, 9.17) is 16.6 Å². The molecule has 0 spiro atoms. The van der Waals surface area contributed by atoms with Crippen LogP contribution in [-0.2, 0) is 6.42 Å². The van der Waals surface area contributed by atoms with Gasteiger partial charge >= 0.3 is 0 Å². The van der Waals surface area contributed by atoms with Crippen molar-refractivity contribution in [1.82, 2.24) is 9.97 Å². The first kappa shape index (κ1) is 18.6. The van der Waals surface area contributed by atoms with Gasteiger partial charge in [0.2, 0.25) is 5.95 Å². The number of hydrogen-bond acceptors (Lipinski definition) is 5. The van der Waals surface area contributed by atoms with Gasteiger partial charge in [-0.1, -0.05) is 36.7 Å². The molecule has 5 nitrogen and oxygen atoms in total. The standard InChI is InChI=1S/C22H24ClN5/c1-2-17-6-8-19(9-7-17)25-22-24-11-10-21(26-22)28-14-12-27(13-15-28)20-5-3-4-18(23)16-20/h3-11,16H,2,12-15H2,1H3,(H,24,25,26). The molecule has 1 N–H and O–H groups in total. The topological polar surface area (TPSA) is 44.3 Å². The molecule has 144 valence electrons. The summed E-state index contributed by atoms with van der Waals surface area (Å²) >= 11 is 6.13. The summed E-state index contributed by atoms with van der Waals surface area (Å²) in [7, 11) is 0. The second-order valence-corrected chi connectivity index (χ2v) is 7.30. The molecule has 0 aliphatic carbocycles. The highest BCUT2D eigenvalue weighted by molar-refractivity contribution is 6.30. The Hall–Kier alpha value is -2.79. The van der Waals surface area contributed by atoms with E-state index >= 15 is 0 Å². The number of piperazine rings is 1. The maximum absolute atomic E-state index is 6.13. The third kappa shape index (κ3) is 4.37. The number of hydrogen-bond donors (Lipinski definition) is 1. The molecular formula is C22H24ClN5. The molecule has 1 saturated heterocycles. The lowest BCUT2D eigenvalue weighted by Crippen LogP contribution is -2.46. The van der Waals surface area contributed by atoms with Gasteiger partial charge in [-0.15, -0.1) is 0 Å². The first-order valence-corrected chi connectivity index (χ1v) is 10.0. The number of halogens is 1. The lowest BCUT2D eigenvalue weighted by Gasteiger charge is -2.36. The maximum Gasteiger partial charge on any atom is 0.229 e. The molecule has 2 aromatic carbocycles. The second-order valence-electron chi connectivity index (χ2n) is 6.87. The van der Waals surface area contributed by atoms with Crippen LogP contribution in [0.25, 0.3) is 0 Å². The highest BCUT2D eigenvalue weighted by Gasteiger charge is 2.19. The molecule has 6 heteroatoms. The maximum atomic E-state index is 6.13. The molecular weight excluding hydrogens is 370 g/mol. The molecule has 1 aromatic heterocycles. The highest BCUT2D eigenvalue weighted by atomic mass is 35.5. The van der Waals surface area contributed by atoms with Crippen molar-refractivity contribution >= 4 is 34.7 Å². The van der Waals surface area contributed by atoms with Gasteiger partial charge in [0.05, 0.1) is 0 Å². The monoisotopic (exact) mass is 393 g/mol. The number of anilines is 4. The van der Waals surface area contributed by atoms with Gasteiger partial charge in [-0.05, 0) is 48.4 Å². The molecule has 0 radical (unpaired) electrons. The average molecular weight is 394 g/mol. The Morgan fingerprint density at radius 2 is 1.71 bits per heavy atom.